The highest BCUT2D eigenvalue weighted by molar-refractivity contribution is 5.35. The van der Waals surface area contributed by atoms with Gasteiger partial charge in [-0.1, -0.05) is 31.2 Å². The summed E-state index contributed by atoms with van der Waals surface area (Å²) in [6, 6.07) is 12.1. The minimum atomic E-state index is 0.457. The van der Waals surface area contributed by atoms with Crippen molar-refractivity contribution in [2.75, 3.05) is 0 Å². The van der Waals surface area contributed by atoms with Crippen molar-refractivity contribution in [2.45, 2.75) is 57.0 Å². The quantitative estimate of drug-likeness (QED) is 0.848. The molecule has 2 aliphatic carbocycles. The molecule has 0 aliphatic heterocycles. The normalized spacial score (nSPS) is 28.0. The summed E-state index contributed by atoms with van der Waals surface area (Å²) in [6.07, 6.45) is 7.91. The van der Waals surface area contributed by atoms with Crippen molar-refractivity contribution in [3.63, 3.8) is 0 Å². The number of hydrogen-bond donors (Lipinski definition) is 1. The molecule has 1 aromatic heterocycles. The van der Waals surface area contributed by atoms with E-state index in [2.05, 4.69) is 42.6 Å². The molecule has 21 heavy (non-hydrogen) atoms. The molecule has 0 spiro atoms. The Morgan fingerprint density at radius 2 is 1.76 bits per heavy atom. The van der Waals surface area contributed by atoms with E-state index in [4.69, 9.17) is 4.42 Å². The largest absolute Gasteiger partial charge is 0.469 e. The molecule has 0 bridgehead atoms. The molecule has 0 saturated carbocycles. The van der Waals surface area contributed by atoms with Crippen LogP contribution in [-0.2, 0) is 6.42 Å². The molecule has 3 unspecified atom stereocenters. The van der Waals surface area contributed by atoms with E-state index in [1.165, 1.54) is 48.1 Å². The first kappa shape index (κ1) is 13.1. The van der Waals surface area contributed by atoms with Crippen molar-refractivity contribution in [1.29, 1.82) is 0 Å². The third-order valence-electron chi connectivity index (χ3n) is 5.24. The fourth-order valence-corrected chi connectivity index (χ4v) is 4.08. The van der Waals surface area contributed by atoms with Crippen molar-refractivity contribution < 1.29 is 4.42 Å². The predicted molar refractivity (Wildman–Crippen MR) is 84.4 cm³/mol. The molecule has 1 N–H and O–H groups in total. The summed E-state index contributed by atoms with van der Waals surface area (Å²) in [7, 11) is 0. The first-order valence-electron chi connectivity index (χ1n) is 8.24. The van der Waals surface area contributed by atoms with Crippen LogP contribution in [0.25, 0.3) is 0 Å². The van der Waals surface area contributed by atoms with Crippen molar-refractivity contribution >= 4 is 0 Å². The topological polar surface area (TPSA) is 25.2 Å². The number of furan rings is 1. The first-order chi connectivity index (χ1) is 10.3. The van der Waals surface area contributed by atoms with E-state index in [9.17, 15) is 0 Å². The Labute approximate surface area is 126 Å². The number of hydrogen-bond acceptors (Lipinski definition) is 2. The van der Waals surface area contributed by atoms with Gasteiger partial charge in [0.1, 0.15) is 5.76 Å². The summed E-state index contributed by atoms with van der Waals surface area (Å²) >= 11 is 0. The van der Waals surface area contributed by atoms with Crippen LogP contribution in [0.1, 0.15) is 73.1 Å². The van der Waals surface area contributed by atoms with Gasteiger partial charge in [-0.15, -0.1) is 0 Å². The second kappa shape index (κ2) is 5.34. The van der Waals surface area contributed by atoms with Crippen LogP contribution in [0.3, 0.4) is 0 Å². The molecule has 4 rings (SSSR count). The molecule has 2 nitrogen and oxygen atoms in total. The number of aryl methyl sites for hydroxylation is 1. The highest BCUT2D eigenvalue weighted by Crippen LogP contribution is 2.40. The monoisotopic (exact) mass is 281 g/mol. The fourth-order valence-electron chi connectivity index (χ4n) is 4.08. The molecule has 0 radical (unpaired) electrons. The summed E-state index contributed by atoms with van der Waals surface area (Å²) in [5, 5.41) is 3.92. The van der Waals surface area contributed by atoms with Crippen LogP contribution in [0.4, 0.5) is 0 Å². The minimum absolute atomic E-state index is 0.457. The zero-order valence-electron chi connectivity index (χ0n) is 12.6. The van der Waals surface area contributed by atoms with E-state index < -0.39 is 0 Å². The van der Waals surface area contributed by atoms with Crippen LogP contribution in [0, 0.1) is 0 Å². The lowest BCUT2D eigenvalue weighted by Gasteiger charge is -2.34. The lowest BCUT2D eigenvalue weighted by molar-refractivity contribution is 0.345. The molecule has 1 aromatic carbocycles. The maximum absolute atomic E-state index is 5.62. The van der Waals surface area contributed by atoms with Gasteiger partial charge in [-0.3, -0.25) is 0 Å². The first-order valence-corrected chi connectivity index (χ1v) is 8.24. The Morgan fingerprint density at radius 3 is 2.67 bits per heavy atom. The molecule has 3 atom stereocenters. The summed E-state index contributed by atoms with van der Waals surface area (Å²) in [4.78, 5) is 0. The van der Waals surface area contributed by atoms with Gasteiger partial charge in [0, 0.05) is 24.1 Å². The number of rotatable bonds is 2. The minimum Gasteiger partial charge on any atom is -0.469 e. The third-order valence-corrected chi connectivity index (χ3v) is 5.24. The molecule has 2 aromatic rings. The van der Waals surface area contributed by atoms with Crippen LogP contribution in [0.2, 0.25) is 0 Å². The van der Waals surface area contributed by atoms with Gasteiger partial charge in [0.05, 0.1) is 6.26 Å². The molecule has 0 fully saturated rings. The molecule has 2 aliphatic rings. The standard InChI is InChI=1S/C19H23NO/c1-13-9-10-18(15-6-3-2-5-14(13)15)20-17-7-4-8-19-16(17)11-12-21-19/h2-3,5-6,11-13,17-18,20H,4,7-10H2,1H3. The van der Waals surface area contributed by atoms with Gasteiger partial charge in [0.15, 0.2) is 0 Å². The van der Waals surface area contributed by atoms with Crippen LogP contribution < -0.4 is 5.32 Å². The van der Waals surface area contributed by atoms with Crippen LogP contribution >= 0.6 is 0 Å². The number of benzene rings is 1. The zero-order chi connectivity index (χ0) is 14.2. The maximum Gasteiger partial charge on any atom is 0.108 e. The van der Waals surface area contributed by atoms with E-state index in [0.29, 0.717) is 18.0 Å². The lowest BCUT2D eigenvalue weighted by Crippen LogP contribution is -2.31. The van der Waals surface area contributed by atoms with Gasteiger partial charge in [0.2, 0.25) is 0 Å². The fraction of sp³-hybridized carbons (Fsp3) is 0.474. The van der Waals surface area contributed by atoms with E-state index in [0.717, 1.165) is 6.42 Å². The molecular weight excluding hydrogens is 258 g/mol. The van der Waals surface area contributed by atoms with E-state index >= 15 is 0 Å². The predicted octanol–water partition coefficient (Wildman–Crippen LogP) is 4.89. The van der Waals surface area contributed by atoms with Crippen LogP contribution in [-0.4, -0.2) is 0 Å². The number of nitrogens with one attached hydrogen (secondary N) is 1. The average Bonchev–Trinajstić information content (AvgIpc) is 3.00. The lowest BCUT2D eigenvalue weighted by atomic mass is 9.80. The molecule has 110 valence electrons. The zero-order valence-corrected chi connectivity index (χ0v) is 12.6. The van der Waals surface area contributed by atoms with E-state index in [-0.39, 0.29) is 0 Å². The molecule has 1 heterocycles. The second-order valence-electron chi connectivity index (χ2n) is 6.57. The van der Waals surface area contributed by atoms with E-state index in [1.807, 2.05) is 6.26 Å². The van der Waals surface area contributed by atoms with Gasteiger partial charge in [-0.05, 0) is 48.8 Å². The van der Waals surface area contributed by atoms with Gasteiger partial charge in [-0.2, -0.15) is 0 Å². The highest BCUT2D eigenvalue weighted by atomic mass is 16.3. The smallest absolute Gasteiger partial charge is 0.108 e. The Morgan fingerprint density at radius 1 is 0.952 bits per heavy atom. The molecular formula is C19H23NO. The van der Waals surface area contributed by atoms with Gasteiger partial charge < -0.3 is 9.73 Å². The summed E-state index contributed by atoms with van der Waals surface area (Å²) in [5.74, 6) is 1.88. The molecule has 0 saturated heterocycles. The average molecular weight is 281 g/mol. The SMILES string of the molecule is CC1CCC(NC2CCCc3occc32)c2ccccc21. The second-order valence-corrected chi connectivity index (χ2v) is 6.57. The summed E-state index contributed by atoms with van der Waals surface area (Å²) in [5.41, 5.74) is 4.42. The Hall–Kier alpha value is -1.54. The van der Waals surface area contributed by atoms with Gasteiger partial charge >= 0.3 is 0 Å². The van der Waals surface area contributed by atoms with Crippen molar-refractivity contribution in [1.82, 2.24) is 5.32 Å². The molecule has 2 heteroatoms. The van der Waals surface area contributed by atoms with E-state index in [1.54, 1.807) is 0 Å². The van der Waals surface area contributed by atoms with Crippen molar-refractivity contribution in [3.05, 3.63) is 59.0 Å². The maximum atomic E-state index is 5.62. The van der Waals surface area contributed by atoms with Crippen LogP contribution in [0.15, 0.2) is 41.0 Å². The van der Waals surface area contributed by atoms with Gasteiger partial charge in [-0.25, -0.2) is 0 Å². The van der Waals surface area contributed by atoms with Crippen molar-refractivity contribution in [3.8, 4) is 0 Å². The number of fused-ring (bicyclic) bond motifs is 2. The Balaban J connectivity index is 1.61. The summed E-state index contributed by atoms with van der Waals surface area (Å²) < 4.78 is 5.62. The summed E-state index contributed by atoms with van der Waals surface area (Å²) in [6.45, 7) is 2.35. The van der Waals surface area contributed by atoms with Crippen molar-refractivity contribution in [2.24, 2.45) is 0 Å². The van der Waals surface area contributed by atoms with Crippen LogP contribution in [0.5, 0.6) is 0 Å². The molecule has 0 amide bonds. The Bertz CT molecular complexity index is 630. The third kappa shape index (κ3) is 2.32. The highest BCUT2D eigenvalue weighted by Gasteiger charge is 2.29. The van der Waals surface area contributed by atoms with Gasteiger partial charge in [0.25, 0.3) is 0 Å². The Kier molecular flexibility index (Phi) is 3.34.